The number of hydrogen-bond acceptors (Lipinski definition) is 0. The molecule has 0 saturated carbocycles. The van der Waals surface area contributed by atoms with Crippen LogP contribution in [0.3, 0.4) is 0 Å². The first-order chi connectivity index (χ1) is 10.2. The topological polar surface area (TPSA) is 0 Å². The third-order valence-corrected chi connectivity index (χ3v) is 7.08. The highest BCUT2D eigenvalue weighted by Crippen LogP contribution is 2.48. The molecule has 109 valence electrons. The van der Waals surface area contributed by atoms with E-state index in [-0.39, 0.29) is 8.80 Å². The summed E-state index contributed by atoms with van der Waals surface area (Å²) in [4.78, 5) is 0. The van der Waals surface area contributed by atoms with Gasteiger partial charge in [0.15, 0.2) is 0 Å². The van der Waals surface area contributed by atoms with Gasteiger partial charge in [-0.2, -0.15) is 0 Å². The molecule has 1 heterocycles. The molecule has 1 fully saturated rings. The second-order valence-corrected chi connectivity index (χ2v) is 9.66. The van der Waals surface area contributed by atoms with E-state index in [0.29, 0.717) is 0 Å². The SMILES string of the molecule is C=CCB1C[C@H]2CC(c3ccccc3)=C([Si](C)C)[C@@H](C1)C2. The standard InChI is InChI=1S/C19H26BSi/c1-4-10-20-13-15-11-17(14-20)19(21(2)3)18(12-15)16-8-6-5-7-9-16/h4-9,15,17H,1,10-14H2,2-3H3/t15-,17-/m1/s1. The van der Waals surface area contributed by atoms with E-state index in [1.54, 1.807) is 5.57 Å². The van der Waals surface area contributed by atoms with Gasteiger partial charge in [-0.1, -0.05) is 73.7 Å². The van der Waals surface area contributed by atoms with E-state index in [2.05, 4.69) is 56.1 Å². The first-order valence-electron chi connectivity index (χ1n) is 8.39. The molecule has 1 saturated heterocycles. The lowest BCUT2D eigenvalue weighted by Crippen LogP contribution is -2.35. The molecule has 2 aliphatic rings. The van der Waals surface area contributed by atoms with Crippen molar-refractivity contribution < 1.29 is 0 Å². The monoisotopic (exact) mass is 293 g/mol. The van der Waals surface area contributed by atoms with Crippen molar-refractivity contribution >= 4 is 21.1 Å². The molecule has 1 radical (unpaired) electrons. The zero-order valence-corrected chi connectivity index (χ0v) is 14.4. The van der Waals surface area contributed by atoms with Crippen LogP contribution in [0.5, 0.6) is 0 Å². The van der Waals surface area contributed by atoms with Crippen molar-refractivity contribution in [1.82, 2.24) is 0 Å². The smallest absolute Gasteiger partial charge is 0.104 e. The van der Waals surface area contributed by atoms with Crippen molar-refractivity contribution in [2.24, 2.45) is 11.8 Å². The van der Waals surface area contributed by atoms with Crippen LogP contribution in [0, 0.1) is 11.8 Å². The van der Waals surface area contributed by atoms with Gasteiger partial charge in [0.1, 0.15) is 6.71 Å². The maximum absolute atomic E-state index is 3.96. The molecule has 21 heavy (non-hydrogen) atoms. The van der Waals surface area contributed by atoms with Crippen LogP contribution >= 0.6 is 0 Å². The first-order valence-corrected chi connectivity index (χ1v) is 10.9. The molecule has 0 unspecified atom stereocenters. The molecular weight excluding hydrogens is 267 g/mol. The summed E-state index contributed by atoms with van der Waals surface area (Å²) in [5, 5.41) is 1.86. The fraction of sp³-hybridized carbons (Fsp3) is 0.474. The molecule has 2 bridgehead atoms. The molecule has 2 heteroatoms. The number of hydrogen-bond donors (Lipinski definition) is 0. The van der Waals surface area contributed by atoms with Gasteiger partial charge in [0, 0.05) is 0 Å². The van der Waals surface area contributed by atoms with Gasteiger partial charge in [-0.15, -0.1) is 6.58 Å². The molecule has 1 aromatic rings. The van der Waals surface area contributed by atoms with Gasteiger partial charge in [0.2, 0.25) is 0 Å². The number of benzene rings is 1. The van der Waals surface area contributed by atoms with E-state index < -0.39 is 0 Å². The summed E-state index contributed by atoms with van der Waals surface area (Å²) in [6, 6.07) is 11.2. The first kappa shape index (κ1) is 14.9. The minimum atomic E-state index is -0.364. The van der Waals surface area contributed by atoms with E-state index >= 15 is 0 Å². The average Bonchev–Trinajstić information content (AvgIpc) is 2.47. The minimum Gasteiger partial charge on any atom is -0.104 e. The van der Waals surface area contributed by atoms with E-state index in [9.17, 15) is 0 Å². The van der Waals surface area contributed by atoms with Gasteiger partial charge < -0.3 is 0 Å². The molecule has 1 aliphatic heterocycles. The lowest BCUT2D eigenvalue weighted by atomic mass is 9.35. The lowest BCUT2D eigenvalue weighted by Gasteiger charge is -2.42. The van der Waals surface area contributed by atoms with E-state index in [4.69, 9.17) is 0 Å². The largest absolute Gasteiger partial charge is 0.144 e. The summed E-state index contributed by atoms with van der Waals surface area (Å²) in [7, 11) is -0.364. The third-order valence-electron chi connectivity index (χ3n) is 5.29. The highest BCUT2D eigenvalue weighted by Gasteiger charge is 2.38. The van der Waals surface area contributed by atoms with Crippen molar-refractivity contribution in [2.75, 3.05) is 0 Å². The number of allylic oxidation sites excluding steroid dienone is 3. The van der Waals surface area contributed by atoms with Crippen LogP contribution < -0.4 is 0 Å². The third kappa shape index (κ3) is 3.11. The number of fused-ring (bicyclic) bond motifs is 2. The van der Waals surface area contributed by atoms with Crippen molar-refractivity contribution in [1.29, 1.82) is 0 Å². The summed E-state index contributed by atoms with van der Waals surface area (Å²) >= 11 is 0. The van der Waals surface area contributed by atoms with E-state index in [0.717, 1.165) is 18.5 Å². The van der Waals surface area contributed by atoms with Crippen LogP contribution in [0.25, 0.3) is 5.57 Å². The van der Waals surface area contributed by atoms with Gasteiger partial charge >= 0.3 is 0 Å². The summed E-state index contributed by atoms with van der Waals surface area (Å²) < 4.78 is 0. The predicted molar refractivity (Wildman–Crippen MR) is 97.4 cm³/mol. The highest BCUT2D eigenvalue weighted by atomic mass is 28.3. The van der Waals surface area contributed by atoms with Gasteiger partial charge in [-0.05, 0) is 35.8 Å². The minimum absolute atomic E-state index is 0.364. The van der Waals surface area contributed by atoms with Gasteiger partial charge in [-0.3, -0.25) is 0 Å². The lowest BCUT2D eigenvalue weighted by molar-refractivity contribution is 0.421. The molecule has 0 N–H and O–H groups in total. The van der Waals surface area contributed by atoms with Gasteiger partial charge in [0.25, 0.3) is 0 Å². The Kier molecular flexibility index (Phi) is 4.54. The van der Waals surface area contributed by atoms with Crippen molar-refractivity contribution in [3.8, 4) is 0 Å². The van der Waals surface area contributed by atoms with Crippen LogP contribution in [0.15, 0.2) is 48.2 Å². The average molecular weight is 293 g/mol. The fourth-order valence-corrected chi connectivity index (χ4v) is 6.57. The molecule has 2 atom stereocenters. The predicted octanol–water partition coefficient (Wildman–Crippen LogP) is 5.45. The zero-order chi connectivity index (χ0) is 14.8. The second kappa shape index (κ2) is 6.39. The summed E-state index contributed by atoms with van der Waals surface area (Å²) in [6.45, 7) is 9.82. The Hall–Kier alpha value is -1.02. The maximum atomic E-state index is 3.96. The summed E-state index contributed by atoms with van der Waals surface area (Å²) in [6.07, 6.45) is 8.95. The van der Waals surface area contributed by atoms with Gasteiger partial charge in [0.05, 0.1) is 8.80 Å². The molecule has 0 aromatic heterocycles. The molecular formula is C19H26BSi. The Morgan fingerprint density at radius 3 is 2.67 bits per heavy atom. The van der Waals surface area contributed by atoms with Crippen molar-refractivity contribution in [2.45, 2.75) is 44.9 Å². The van der Waals surface area contributed by atoms with Crippen molar-refractivity contribution in [3.05, 3.63) is 53.7 Å². The zero-order valence-electron chi connectivity index (χ0n) is 13.4. The van der Waals surface area contributed by atoms with Crippen molar-refractivity contribution in [3.63, 3.8) is 0 Å². The molecule has 1 aliphatic carbocycles. The second-order valence-electron chi connectivity index (χ2n) is 7.12. The Balaban J connectivity index is 1.97. The Labute approximate surface area is 132 Å². The molecule has 1 aromatic carbocycles. The van der Waals surface area contributed by atoms with Crippen LogP contribution in [-0.2, 0) is 0 Å². The molecule has 0 spiro atoms. The molecule has 0 nitrogen and oxygen atoms in total. The molecule has 3 rings (SSSR count). The van der Waals surface area contributed by atoms with Gasteiger partial charge in [-0.25, -0.2) is 0 Å². The Bertz CT molecular complexity index is 532. The fourth-order valence-electron chi connectivity index (χ4n) is 4.66. The Morgan fingerprint density at radius 1 is 1.24 bits per heavy atom. The summed E-state index contributed by atoms with van der Waals surface area (Å²) in [5.74, 6) is 1.77. The Morgan fingerprint density at radius 2 is 2.00 bits per heavy atom. The van der Waals surface area contributed by atoms with E-state index in [1.807, 2.05) is 5.20 Å². The maximum Gasteiger partial charge on any atom is 0.144 e. The number of rotatable bonds is 4. The van der Waals surface area contributed by atoms with Crippen LogP contribution in [0.4, 0.5) is 0 Å². The van der Waals surface area contributed by atoms with E-state index in [1.165, 1.54) is 37.4 Å². The highest BCUT2D eigenvalue weighted by molar-refractivity contribution is 6.66. The quantitative estimate of drug-likeness (QED) is 0.511. The van der Waals surface area contributed by atoms with Crippen LogP contribution in [0.2, 0.25) is 32.1 Å². The normalized spacial score (nSPS) is 25.4. The molecule has 0 amide bonds. The van der Waals surface area contributed by atoms with Crippen LogP contribution in [-0.4, -0.2) is 15.5 Å². The van der Waals surface area contributed by atoms with Crippen LogP contribution in [0.1, 0.15) is 18.4 Å². The summed E-state index contributed by atoms with van der Waals surface area (Å²) in [5.41, 5.74) is 3.21.